The Labute approximate surface area is 152 Å². The minimum atomic E-state index is -1.16. The third-order valence-corrected chi connectivity index (χ3v) is 4.88. The number of benzene rings is 2. The maximum absolute atomic E-state index is 12.6. The highest BCUT2D eigenvalue weighted by molar-refractivity contribution is 6.10. The van der Waals surface area contributed by atoms with Crippen molar-refractivity contribution in [3.05, 3.63) is 40.5 Å². The summed E-state index contributed by atoms with van der Waals surface area (Å²) in [5.41, 5.74) is 1.62. The minimum Gasteiger partial charge on any atom is -0.507 e. The molecule has 0 saturated carbocycles. The van der Waals surface area contributed by atoms with E-state index in [-0.39, 0.29) is 41.1 Å². The van der Waals surface area contributed by atoms with Crippen molar-refractivity contribution in [3.63, 3.8) is 0 Å². The topological polar surface area (TPSA) is 87.0 Å². The first-order valence-electron chi connectivity index (χ1n) is 8.61. The average molecular weight is 356 g/mol. The molecule has 0 unspecified atom stereocenters. The first-order valence-corrected chi connectivity index (χ1v) is 8.61. The molecule has 0 amide bonds. The molecule has 3 rings (SSSR count). The number of rotatable bonds is 3. The lowest BCUT2D eigenvalue weighted by Gasteiger charge is -2.32. The van der Waals surface area contributed by atoms with Crippen LogP contribution in [-0.2, 0) is 12.8 Å². The SMILES string of the molecule is COc1cc(O)c2c(O)c3c(c(CC=C(C)C)c2c1)C[C@](C)(O)CC3=O. The van der Waals surface area contributed by atoms with Crippen LogP contribution in [0.5, 0.6) is 17.2 Å². The molecule has 138 valence electrons. The molecule has 0 radical (unpaired) electrons. The fourth-order valence-corrected chi connectivity index (χ4v) is 3.70. The van der Waals surface area contributed by atoms with Crippen LogP contribution < -0.4 is 4.74 Å². The average Bonchev–Trinajstić information content (AvgIpc) is 2.51. The van der Waals surface area contributed by atoms with Crippen molar-refractivity contribution in [2.75, 3.05) is 7.11 Å². The number of allylic oxidation sites excluding steroid dienone is 2. The van der Waals surface area contributed by atoms with Crippen molar-refractivity contribution in [3.8, 4) is 17.2 Å². The van der Waals surface area contributed by atoms with Gasteiger partial charge in [0.05, 0.1) is 23.7 Å². The molecule has 5 heteroatoms. The molecule has 0 aliphatic heterocycles. The van der Waals surface area contributed by atoms with Gasteiger partial charge in [0.15, 0.2) is 5.78 Å². The van der Waals surface area contributed by atoms with Gasteiger partial charge in [-0.1, -0.05) is 11.6 Å². The van der Waals surface area contributed by atoms with Gasteiger partial charge in [-0.05, 0) is 49.8 Å². The second-order valence-corrected chi connectivity index (χ2v) is 7.51. The molecule has 0 spiro atoms. The van der Waals surface area contributed by atoms with Crippen LogP contribution in [0, 0.1) is 0 Å². The van der Waals surface area contributed by atoms with E-state index in [2.05, 4.69) is 0 Å². The largest absolute Gasteiger partial charge is 0.507 e. The lowest BCUT2D eigenvalue weighted by molar-refractivity contribution is 0.0408. The Hall–Kier alpha value is -2.53. The van der Waals surface area contributed by atoms with Crippen LogP contribution in [0.15, 0.2) is 23.8 Å². The number of aliphatic hydroxyl groups is 1. The van der Waals surface area contributed by atoms with E-state index in [0.717, 1.165) is 11.1 Å². The number of fused-ring (bicyclic) bond motifs is 2. The summed E-state index contributed by atoms with van der Waals surface area (Å²) < 4.78 is 5.26. The van der Waals surface area contributed by atoms with Crippen LogP contribution in [-0.4, -0.2) is 33.8 Å². The molecular weight excluding hydrogens is 332 g/mol. The number of methoxy groups -OCH3 is 1. The van der Waals surface area contributed by atoms with Crippen molar-refractivity contribution in [1.82, 2.24) is 0 Å². The van der Waals surface area contributed by atoms with E-state index < -0.39 is 5.60 Å². The van der Waals surface area contributed by atoms with E-state index >= 15 is 0 Å². The van der Waals surface area contributed by atoms with Crippen LogP contribution >= 0.6 is 0 Å². The van der Waals surface area contributed by atoms with Gasteiger partial charge in [0, 0.05) is 18.9 Å². The maximum atomic E-state index is 12.6. The van der Waals surface area contributed by atoms with Crippen molar-refractivity contribution in [1.29, 1.82) is 0 Å². The van der Waals surface area contributed by atoms with E-state index in [1.54, 1.807) is 13.0 Å². The zero-order valence-electron chi connectivity index (χ0n) is 15.5. The van der Waals surface area contributed by atoms with Crippen LogP contribution in [0.3, 0.4) is 0 Å². The highest BCUT2D eigenvalue weighted by atomic mass is 16.5. The Bertz CT molecular complexity index is 934. The van der Waals surface area contributed by atoms with Gasteiger partial charge in [-0.2, -0.15) is 0 Å². The summed E-state index contributed by atoms with van der Waals surface area (Å²) >= 11 is 0. The summed E-state index contributed by atoms with van der Waals surface area (Å²) in [6.07, 6.45) is 2.76. The molecular formula is C21H24O5. The molecule has 3 N–H and O–H groups in total. The highest BCUT2D eigenvalue weighted by Gasteiger charge is 2.37. The summed E-state index contributed by atoms with van der Waals surface area (Å²) in [5.74, 6) is -0.217. The number of Topliss-reactive ketones (excluding diaryl/α,β-unsaturated/α-hetero) is 1. The number of ketones is 1. The molecule has 0 heterocycles. The number of hydrogen-bond donors (Lipinski definition) is 3. The summed E-state index contributed by atoms with van der Waals surface area (Å²) in [4.78, 5) is 12.6. The van der Waals surface area contributed by atoms with E-state index in [0.29, 0.717) is 23.1 Å². The molecule has 0 bridgehead atoms. The Morgan fingerprint density at radius 1 is 1.27 bits per heavy atom. The number of ether oxygens (including phenoxy) is 1. The lowest BCUT2D eigenvalue weighted by Crippen LogP contribution is -2.36. The molecule has 1 aliphatic rings. The number of phenols is 2. The van der Waals surface area contributed by atoms with Crippen molar-refractivity contribution >= 4 is 16.6 Å². The van der Waals surface area contributed by atoms with Crippen molar-refractivity contribution < 1.29 is 24.9 Å². The molecule has 0 fully saturated rings. The quantitative estimate of drug-likeness (QED) is 0.731. The van der Waals surface area contributed by atoms with Crippen LogP contribution in [0.4, 0.5) is 0 Å². The van der Waals surface area contributed by atoms with Gasteiger partial charge in [-0.15, -0.1) is 0 Å². The number of phenolic OH excluding ortho intramolecular Hbond substituents is 2. The van der Waals surface area contributed by atoms with Crippen LogP contribution in [0.25, 0.3) is 10.8 Å². The Balaban J connectivity index is 2.44. The van der Waals surface area contributed by atoms with Gasteiger partial charge >= 0.3 is 0 Å². The lowest BCUT2D eigenvalue weighted by atomic mass is 9.76. The molecule has 2 aromatic rings. The summed E-state index contributed by atoms with van der Waals surface area (Å²) in [5, 5.41) is 32.6. The van der Waals surface area contributed by atoms with Crippen LogP contribution in [0.2, 0.25) is 0 Å². The van der Waals surface area contributed by atoms with Gasteiger partial charge in [-0.25, -0.2) is 0 Å². The third-order valence-electron chi connectivity index (χ3n) is 4.88. The summed E-state index contributed by atoms with van der Waals surface area (Å²) in [6.45, 7) is 5.59. The smallest absolute Gasteiger partial charge is 0.169 e. The van der Waals surface area contributed by atoms with Crippen LogP contribution in [0.1, 0.15) is 48.7 Å². The summed E-state index contributed by atoms with van der Waals surface area (Å²) in [6, 6.07) is 3.17. The second-order valence-electron chi connectivity index (χ2n) is 7.51. The fourth-order valence-electron chi connectivity index (χ4n) is 3.70. The first kappa shape index (κ1) is 18.3. The predicted octanol–water partition coefficient (Wildman–Crippen LogP) is 3.65. The number of aromatic hydroxyl groups is 2. The Morgan fingerprint density at radius 3 is 2.58 bits per heavy atom. The van der Waals surface area contributed by atoms with E-state index in [1.165, 1.54) is 13.2 Å². The van der Waals surface area contributed by atoms with Crippen molar-refractivity contribution in [2.24, 2.45) is 0 Å². The van der Waals surface area contributed by atoms with E-state index in [4.69, 9.17) is 4.74 Å². The zero-order chi connectivity index (χ0) is 19.2. The minimum absolute atomic E-state index is 0.0575. The molecule has 1 aliphatic carbocycles. The van der Waals surface area contributed by atoms with Gasteiger partial charge < -0.3 is 20.1 Å². The van der Waals surface area contributed by atoms with Gasteiger partial charge in [0.1, 0.15) is 17.2 Å². The number of carbonyl (C=O) groups is 1. The normalized spacial score (nSPS) is 19.3. The third kappa shape index (κ3) is 3.03. The Kier molecular flexibility index (Phi) is 4.44. The maximum Gasteiger partial charge on any atom is 0.169 e. The van der Waals surface area contributed by atoms with E-state index in [1.807, 2.05) is 19.9 Å². The molecule has 26 heavy (non-hydrogen) atoms. The van der Waals surface area contributed by atoms with Gasteiger partial charge in [-0.3, -0.25) is 4.79 Å². The van der Waals surface area contributed by atoms with E-state index in [9.17, 15) is 20.1 Å². The summed E-state index contributed by atoms with van der Waals surface area (Å²) in [7, 11) is 1.50. The predicted molar refractivity (Wildman–Crippen MR) is 100 cm³/mol. The Morgan fingerprint density at radius 2 is 1.96 bits per heavy atom. The molecule has 5 nitrogen and oxygen atoms in total. The van der Waals surface area contributed by atoms with Crippen molar-refractivity contribution in [2.45, 2.75) is 45.6 Å². The zero-order valence-corrected chi connectivity index (χ0v) is 15.5. The molecule has 0 aromatic heterocycles. The first-order chi connectivity index (χ1) is 12.1. The highest BCUT2D eigenvalue weighted by Crippen LogP contribution is 2.46. The molecule has 0 saturated heterocycles. The molecule has 1 atom stereocenters. The fraction of sp³-hybridized carbons (Fsp3) is 0.381. The number of hydrogen-bond acceptors (Lipinski definition) is 5. The standard InChI is InChI=1S/C21H24O5/c1-11(2)5-6-13-14-7-12(26-4)8-16(22)18(14)20(24)19-15(13)9-21(3,25)10-17(19)23/h5,7-8,22,24-25H,6,9-10H2,1-4H3/t21-/m0/s1. The second kappa shape index (κ2) is 6.32. The molecule has 2 aromatic carbocycles. The van der Waals surface area contributed by atoms with Gasteiger partial charge in [0.2, 0.25) is 0 Å². The van der Waals surface area contributed by atoms with Gasteiger partial charge in [0.25, 0.3) is 0 Å². The number of carbonyl (C=O) groups excluding carboxylic acids is 1. The monoisotopic (exact) mass is 356 g/mol.